The van der Waals surface area contributed by atoms with Gasteiger partial charge in [-0.1, -0.05) is 185 Å². The van der Waals surface area contributed by atoms with Crippen molar-refractivity contribution in [1.82, 2.24) is 0 Å². The average molecular weight is 874 g/mol. The zero-order valence-corrected chi connectivity index (χ0v) is 41.3. The molecular weight excluding hydrogens is 775 g/mol. The van der Waals surface area contributed by atoms with Crippen molar-refractivity contribution in [1.29, 1.82) is 0 Å². The minimum absolute atomic E-state index is 0.0366. The molecule has 0 aliphatic rings. The summed E-state index contributed by atoms with van der Waals surface area (Å²) in [7, 11) is 5.41. The fourth-order valence-corrected chi connectivity index (χ4v) is 7.69. The van der Waals surface area contributed by atoms with E-state index in [2.05, 4.69) is 50.3 Å². The summed E-state index contributed by atoms with van der Waals surface area (Å²) in [6, 6.07) is -0.728. The number of nitrogens with zero attached hydrogens (tertiary/aromatic N) is 1. The molecule has 8 heteroatoms. The predicted octanol–water partition coefficient (Wildman–Crippen LogP) is 13.6. The summed E-state index contributed by atoms with van der Waals surface area (Å²) in [6.07, 6.45) is 53.2. The number of likely N-dealkylation sites (N-methyl/N-ethyl adjacent to an activating group) is 1. The fourth-order valence-electron chi connectivity index (χ4n) is 7.69. The molecule has 0 radical (unpaired) electrons. The van der Waals surface area contributed by atoms with Crippen molar-refractivity contribution in [3.63, 3.8) is 0 Å². The summed E-state index contributed by atoms with van der Waals surface area (Å²) in [6.45, 7) is 4.65. The lowest BCUT2D eigenvalue weighted by Crippen LogP contribution is -2.55. The maximum absolute atomic E-state index is 12.8. The number of rotatable bonds is 47. The molecule has 2 unspecified atom stereocenters. The lowest BCUT2D eigenvalue weighted by Gasteiger charge is -2.34. The average Bonchev–Trinajstić information content (AvgIpc) is 3.23. The molecule has 0 aliphatic carbocycles. The first-order valence-corrected chi connectivity index (χ1v) is 26.0. The number of allylic oxidation sites excluding steroid dienone is 6. The zero-order valence-electron chi connectivity index (χ0n) is 41.3. The molecule has 0 N–H and O–H groups in total. The van der Waals surface area contributed by atoms with E-state index in [0.717, 1.165) is 64.2 Å². The van der Waals surface area contributed by atoms with Crippen LogP contribution in [0.2, 0.25) is 0 Å². The van der Waals surface area contributed by atoms with Crippen LogP contribution in [0.1, 0.15) is 239 Å². The Morgan fingerprint density at radius 2 is 0.855 bits per heavy atom. The van der Waals surface area contributed by atoms with Gasteiger partial charge in [0.1, 0.15) is 12.6 Å². The van der Waals surface area contributed by atoms with Crippen molar-refractivity contribution >= 4 is 17.9 Å². The van der Waals surface area contributed by atoms with Crippen molar-refractivity contribution < 1.29 is 38.2 Å². The van der Waals surface area contributed by atoms with Gasteiger partial charge in [-0.15, -0.1) is 0 Å². The van der Waals surface area contributed by atoms with Crippen molar-refractivity contribution in [3.8, 4) is 0 Å². The van der Waals surface area contributed by atoms with Crippen molar-refractivity contribution in [3.05, 3.63) is 36.5 Å². The van der Waals surface area contributed by atoms with E-state index in [9.17, 15) is 19.5 Å². The largest absolute Gasteiger partial charge is 0.544 e. The Kier molecular flexibility index (Phi) is 43.3. The number of carbonyl (C=O) groups is 3. The maximum Gasteiger partial charge on any atom is 0.306 e. The number of hydrogen-bond acceptors (Lipinski definition) is 7. The van der Waals surface area contributed by atoms with Crippen LogP contribution in [0.25, 0.3) is 0 Å². The second kappa shape index (κ2) is 45.1. The summed E-state index contributed by atoms with van der Waals surface area (Å²) in [5.74, 6) is -1.74. The number of carboxylic acid groups (broad SMARTS) is 1. The van der Waals surface area contributed by atoms with Crippen molar-refractivity contribution in [2.24, 2.45) is 0 Å². The van der Waals surface area contributed by atoms with E-state index in [-0.39, 0.29) is 42.7 Å². The molecule has 0 heterocycles. The summed E-state index contributed by atoms with van der Waals surface area (Å²) < 4.78 is 17.2. The van der Waals surface area contributed by atoms with E-state index in [4.69, 9.17) is 14.2 Å². The van der Waals surface area contributed by atoms with Gasteiger partial charge in [-0.25, -0.2) is 0 Å². The van der Waals surface area contributed by atoms with E-state index < -0.39 is 18.1 Å². The van der Waals surface area contributed by atoms with E-state index in [1.165, 1.54) is 141 Å². The number of aliphatic carboxylic acids is 1. The highest BCUT2D eigenvalue weighted by Gasteiger charge is 2.25. The van der Waals surface area contributed by atoms with E-state index in [1.54, 1.807) is 21.1 Å². The lowest BCUT2D eigenvalue weighted by atomic mass is 10.0. The first-order chi connectivity index (χ1) is 30.1. The van der Waals surface area contributed by atoms with Crippen LogP contribution in [0.15, 0.2) is 36.5 Å². The molecule has 62 heavy (non-hydrogen) atoms. The maximum atomic E-state index is 12.8. The summed E-state index contributed by atoms with van der Waals surface area (Å²) in [5, 5.41) is 11.7. The van der Waals surface area contributed by atoms with E-state index in [1.807, 2.05) is 0 Å². The third-order valence-corrected chi connectivity index (χ3v) is 11.7. The smallest absolute Gasteiger partial charge is 0.306 e. The number of hydrogen-bond donors (Lipinski definition) is 0. The molecule has 8 nitrogen and oxygen atoms in total. The molecule has 0 rings (SSSR count). The SMILES string of the molecule is CCCCC/C=C\C/C=C\CCCCCCCC(=O)OC(COCCC(C(=O)[O-])[N+](C)(C)C)COC(=O)CCCCCCCCCCCCC/C=C\CCCCCCCCCC. The number of unbranched alkanes of at least 4 members (excludes halogenated alkanes) is 27. The van der Waals surface area contributed by atoms with Gasteiger partial charge in [0.2, 0.25) is 0 Å². The van der Waals surface area contributed by atoms with Gasteiger partial charge in [-0.05, 0) is 70.6 Å². The molecule has 362 valence electrons. The Morgan fingerprint density at radius 3 is 1.29 bits per heavy atom. The molecule has 0 saturated heterocycles. The molecule has 0 aliphatic heterocycles. The Labute approximate surface area is 383 Å². The number of carboxylic acids is 1. The Bertz CT molecular complexity index is 1110. The minimum atomic E-state index is -1.13. The quantitative estimate of drug-likeness (QED) is 0.0260. The highest BCUT2D eigenvalue weighted by Crippen LogP contribution is 2.15. The first kappa shape index (κ1) is 59.5. The van der Waals surface area contributed by atoms with Crippen LogP contribution in [0.3, 0.4) is 0 Å². The molecule has 0 spiro atoms. The molecule has 0 aromatic rings. The van der Waals surface area contributed by atoms with Gasteiger partial charge in [-0.3, -0.25) is 9.59 Å². The summed E-state index contributed by atoms with van der Waals surface area (Å²) in [4.78, 5) is 37.0. The van der Waals surface area contributed by atoms with Gasteiger partial charge in [0.05, 0.1) is 40.3 Å². The van der Waals surface area contributed by atoms with Gasteiger partial charge in [-0.2, -0.15) is 0 Å². The molecule has 0 fully saturated rings. The third-order valence-electron chi connectivity index (χ3n) is 11.7. The normalized spacial score (nSPS) is 13.1. The van der Waals surface area contributed by atoms with E-state index >= 15 is 0 Å². The number of quaternary nitrogens is 1. The van der Waals surface area contributed by atoms with Crippen LogP contribution in [0.5, 0.6) is 0 Å². The highest BCUT2D eigenvalue weighted by atomic mass is 16.6. The standard InChI is InChI=1S/C54H99NO7/c1-6-8-10-12-14-16-18-20-22-23-24-25-26-27-28-29-31-32-34-36-38-40-42-44-52(56)61-49-50(48-60-47-46-51(54(58)59)55(3,4)5)62-53(57)45-43-41-39-37-35-33-30-21-19-17-15-13-11-9-7-2/h15,17,21,23-24,30,50-51H,6-14,16,18-20,22,25-29,31-49H2,1-5H3/b17-15-,24-23-,30-21-. The highest BCUT2D eigenvalue weighted by molar-refractivity contribution is 5.70. The number of ether oxygens (including phenoxy) is 3. The van der Waals surface area contributed by atoms with Gasteiger partial charge in [0.15, 0.2) is 6.10 Å². The summed E-state index contributed by atoms with van der Waals surface area (Å²) in [5.41, 5.74) is 0. The second-order valence-corrected chi connectivity index (χ2v) is 18.8. The van der Waals surface area contributed by atoms with Crippen LogP contribution >= 0.6 is 0 Å². The van der Waals surface area contributed by atoms with Crippen LogP contribution < -0.4 is 5.11 Å². The second-order valence-electron chi connectivity index (χ2n) is 18.8. The molecule has 0 aromatic carbocycles. The van der Waals surface area contributed by atoms with Crippen LogP contribution in [0.4, 0.5) is 0 Å². The monoisotopic (exact) mass is 874 g/mol. The summed E-state index contributed by atoms with van der Waals surface area (Å²) >= 11 is 0. The zero-order chi connectivity index (χ0) is 45.6. The van der Waals surface area contributed by atoms with Gasteiger partial charge >= 0.3 is 11.9 Å². The Morgan fingerprint density at radius 1 is 0.484 bits per heavy atom. The molecule has 0 amide bonds. The van der Waals surface area contributed by atoms with Gasteiger partial charge in [0.25, 0.3) is 0 Å². The molecule has 2 atom stereocenters. The fraction of sp³-hybridized carbons (Fsp3) is 0.833. The predicted molar refractivity (Wildman–Crippen MR) is 259 cm³/mol. The van der Waals surface area contributed by atoms with Crippen LogP contribution in [-0.4, -0.2) is 75.5 Å². The number of carbonyl (C=O) groups excluding carboxylic acids is 3. The van der Waals surface area contributed by atoms with Gasteiger partial charge < -0.3 is 28.6 Å². The topological polar surface area (TPSA) is 102 Å². The van der Waals surface area contributed by atoms with Crippen LogP contribution in [0, 0.1) is 0 Å². The van der Waals surface area contributed by atoms with Crippen molar-refractivity contribution in [2.75, 3.05) is 41.0 Å². The molecule has 0 saturated carbocycles. The van der Waals surface area contributed by atoms with Crippen molar-refractivity contribution in [2.45, 2.75) is 251 Å². The van der Waals surface area contributed by atoms with Crippen LogP contribution in [-0.2, 0) is 28.6 Å². The minimum Gasteiger partial charge on any atom is -0.544 e. The first-order valence-electron chi connectivity index (χ1n) is 26.0. The van der Waals surface area contributed by atoms with E-state index in [0.29, 0.717) is 12.8 Å². The molecular formula is C54H99NO7. The number of esters is 2. The third kappa shape index (κ3) is 42.8. The lowest BCUT2D eigenvalue weighted by molar-refractivity contribution is -0.889. The Balaban J connectivity index is 4.19. The van der Waals surface area contributed by atoms with Gasteiger partial charge in [0, 0.05) is 19.3 Å². The molecule has 0 aromatic heterocycles. The Hall–Kier alpha value is -2.45. The molecule has 0 bridgehead atoms.